The summed E-state index contributed by atoms with van der Waals surface area (Å²) < 4.78 is 5.49. The Bertz CT molecular complexity index is 310. The predicted octanol–water partition coefficient (Wildman–Crippen LogP) is 2.96. The standard InChI is InChI=1S/C8H10Cl2N2O/c1-8(2,3)13-5-4-6(9)11-12-7(5)10/h4H,1-3H3. The molecule has 0 spiro atoms. The van der Waals surface area contributed by atoms with Crippen molar-refractivity contribution in [1.29, 1.82) is 0 Å². The van der Waals surface area contributed by atoms with Crippen LogP contribution in [-0.2, 0) is 0 Å². The molecule has 0 aromatic carbocycles. The maximum absolute atomic E-state index is 5.75. The zero-order chi connectivity index (χ0) is 10.1. The van der Waals surface area contributed by atoms with Gasteiger partial charge in [-0.15, -0.1) is 10.2 Å². The number of rotatable bonds is 1. The van der Waals surface area contributed by atoms with Crippen LogP contribution in [0.2, 0.25) is 10.3 Å². The van der Waals surface area contributed by atoms with Gasteiger partial charge in [0.25, 0.3) is 0 Å². The maximum atomic E-state index is 5.75. The lowest BCUT2D eigenvalue weighted by molar-refractivity contribution is 0.130. The molecule has 0 aliphatic rings. The molecule has 0 aliphatic carbocycles. The van der Waals surface area contributed by atoms with Crippen LogP contribution in [0.5, 0.6) is 5.75 Å². The highest BCUT2D eigenvalue weighted by molar-refractivity contribution is 6.32. The molecule has 72 valence electrons. The summed E-state index contributed by atoms with van der Waals surface area (Å²) in [6, 6.07) is 1.54. The summed E-state index contributed by atoms with van der Waals surface area (Å²) in [7, 11) is 0. The van der Waals surface area contributed by atoms with E-state index in [-0.39, 0.29) is 15.9 Å². The zero-order valence-electron chi connectivity index (χ0n) is 7.64. The minimum atomic E-state index is -0.323. The SMILES string of the molecule is CC(C)(C)Oc1cc(Cl)nnc1Cl. The van der Waals surface area contributed by atoms with Crippen molar-refractivity contribution in [3.8, 4) is 5.75 Å². The molecule has 0 atom stereocenters. The van der Waals surface area contributed by atoms with E-state index in [0.717, 1.165) is 0 Å². The van der Waals surface area contributed by atoms with Gasteiger partial charge in [0.2, 0.25) is 0 Å². The van der Waals surface area contributed by atoms with Crippen molar-refractivity contribution in [2.75, 3.05) is 0 Å². The van der Waals surface area contributed by atoms with Crippen LogP contribution in [-0.4, -0.2) is 15.8 Å². The van der Waals surface area contributed by atoms with Crippen molar-refractivity contribution in [2.24, 2.45) is 0 Å². The third kappa shape index (κ3) is 3.36. The summed E-state index contributed by atoms with van der Waals surface area (Å²) >= 11 is 11.4. The summed E-state index contributed by atoms with van der Waals surface area (Å²) in [6.07, 6.45) is 0. The van der Waals surface area contributed by atoms with Crippen molar-refractivity contribution in [2.45, 2.75) is 26.4 Å². The van der Waals surface area contributed by atoms with Gasteiger partial charge in [0, 0.05) is 6.07 Å². The van der Waals surface area contributed by atoms with Crippen LogP contribution in [0.3, 0.4) is 0 Å². The Balaban J connectivity index is 2.94. The molecular weight excluding hydrogens is 211 g/mol. The summed E-state index contributed by atoms with van der Waals surface area (Å²) in [5.74, 6) is 0.453. The molecule has 0 amide bonds. The maximum Gasteiger partial charge on any atom is 0.193 e. The molecule has 0 fully saturated rings. The first-order valence-electron chi connectivity index (χ1n) is 3.76. The van der Waals surface area contributed by atoms with Gasteiger partial charge in [0.15, 0.2) is 16.1 Å². The molecular formula is C8H10Cl2N2O. The van der Waals surface area contributed by atoms with E-state index >= 15 is 0 Å². The second-order valence-electron chi connectivity index (χ2n) is 3.54. The monoisotopic (exact) mass is 220 g/mol. The Kier molecular flexibility index (Phi) is 2.98. The second-order valence-corrected chi connectivity index (χ2v) is 4.28. The van der Waals surface area contributed by atoms with Gasteiger partial charge in [-0.3, -0.25) is 0 Å². The van der Waals surface area contributed by atoms with Crippen molar-refractivity contribution in [1.82, 2.24) is 10.2 Å². The molecule has 0 unspecified atom stereocenters. The Morgan fingerprint density at radius 1 is 1.23 bits per heavy atom. The molecule has 5 heteroatoms. The van der Waals surface area contributed by atoms with Gasteiger partial charge in [-0.25, -0.2) is 0 Å². The van der Waals surface area contributed by atoms with E-state index < -0.39 is 0 Å². The third-order valence-electron chi connectivity index (χ3n) is 1.10. The fraction of sp³-hybridized carbons (Fsp3) is 0.500. The number of halogens is 2. The van der Waals surface area contributed by atoms with Crippen LogP contribution >= 0.6 is 23.2 Å². The van der Waals surface area contributed by atoms with Crippen LogP contribution < -0.4 is 4.74 Å². The topological polar surface area (TPSA) is 35.0 Å². The average molecular weight is 221 g/mol. The number of hydrogen-bond donors (Lipinski definition) is 0. The summed E-state index contributed by atoms with van der Waals surface area (Å²) in [5, 5.41) is 7.68. The van der Waals surface area contributed by atoms with Gasteiger partial charge in [-0.05, 0) is 20.8 Å². The summed E-state index contributed by atoms with van der Waals surface area (Å²) in [4.78, 5) is 0. The van der Waals surface area contributed by atoms with E-state index in [0.29, 0.717) is 5.75 Å². The molecule has 0 bridgehead atoms. The van der Waals surface area contributed by atoms with Crippen LogP contribution in [0.25, 0.3) is 0 Å². The van der Waals surface area contributed by atoms with Gasteiger partial charge in [-0.1, -0.05) is 23.2 Å². The highest BCUT2D eigenvalue weighted by Gasteiger charge is 2.15. The second kappa shape index (κ2) is 3.68. The highest BCUT2D eigenvalue weighted by atomic mass is 35.5. The number of ether oxygens (including phenoxy) is 1. The first kappa shape index (κ1) is 10.5. The quantitative estimate of drug-likeness (QED) is 0.731. The lowest BCUT2D eigenvalue weighted by Crippen LogP contribution is -2.23. The number of hydrogen-bond acceptors (Lipinski definition) is 3. The lowest BCUT2D eigenvalue weighted by Gasteiger charge is -2.21. The van der Waals surface area contributed by atoms with Gasteiger partial charge in [0.05, 0.1) is 0 Å². The van der Waals surface area contributed by atoms with Gasteiger partial charge in [0.1, 0.15) is 5.60 Å². The molecule has 1 aromatic rings. The molecule has 0 radical (unpaired) electrons. The number of nitrogens with zero attached hydrogens (tertiary/aromatic N) is 2. The number of aromatic nitrogens is 2. The molecule has 13 heavy (non-hydrogen) atoms. The van der Waals surface area contributed by atoms with E-state index in [2.05, 4.69) is 10.2 Å². The molecule has 0 saturated heterocycles. The van der Waals surface area contributed by atoms with Gasteiger partial charge in [-0.2, -0.15) is 0 Å². The van der Waals surface area contributed by atoms with E-state index in [1.807, 2.05) is 20.8 Å². The van der Waals surface area contributed by atoms with Crippen LogP contribution in [0, 0.1) is 0 Å². The largest absolute Gasteiger partial charge is 0.485 e. The minimum absolute atomic E-state index is 0.222. The molecule has 1 rings (SSSR count). The van der Waals surface area contributed by atoms with E-state index in [1.54, 1.807) is 6.07 Å². The molecule has 1 heterocycles. The fourth-order valence-electron chi connectivity index (χ4n) is 0.739. The normalized spacial score (nSPS) is 11.5. The molecule has 0 N–H and O–H groups in total. The van der Waals surface area contributed by atoms with E-state index in [1.165, 1.54) is 0 Å². The Morgan fingerprint density at radius 3 is 2.38 bits per heavy atom. The van der Waals surface area contributed by atoms with Crippen LogP contribution in [0.15, 0.2) is 6.07 Å². The van der Waals surface area contributed by atoms with Crippen molar-refractivity contribution < 1.29 is 4.74 Å². The Morgan fingerprint density at radius 2 is 1.85 bits per heavy atom. The minimum Gasteiger partial charge on any atom is -0.485 e. The van der Waals surface area contributed by atoms with E-state index in [9.17, 15) is 0 Å². The highest BCUT2D eigenvalue weighted by Crippen LogP contribution is 2.26. The molecule has 0 aliphatic heterocycles. The smallest absolute Gasteiger partial charge is 0.193 e. The lowest BCUT2D eigenvalue weighted by atomic mass is 10.2. The fourth-order valence-corrected chi connectivity index (χ4v) is 1.01. The van der Waals surface area contributed by atoms with Crippen molar-refractivity contribution in [3.05, 3.63) is 16.4 Å². The molecule has 0 saturated carbocycles. The Hall–Kier alpha value is -0.540. The predicted molar refractivity (Wildman–Crippen MR) is 52.4 cm³/mol. The molecule has 3 nitrogen and oxygen atoms in total. The summed E-state index contributed by atoms with van der Waals surface area (Å²) in [5.41, 5.74) is -0.323. The third-order valence-corrected chi connectivity index (χ3v) is 1.55. The first-order chi connectivity index (χ1) is 5.88. The van der Waals surface area contributed by atoms with Gasteiger partial charge < -0.3 is 4.74 Å². The van der Waals surface area contributed by atoms with E-state index in [4.69, 9.17) is 27.9 Å². The molecule has 1 aromatic heterocycles. The summed E-state index contributed by atoms with van der Waals surface area (Å²) in [6.45, 7) is 5.74. The Labute approximate surface area is 87.0 Å². The average Bonchev–Trinajstić information content (AvgIpc) is 1.94. The van der Waals surface area contributed by atoms with Gasteiger partial charge >= 0.3 is 0 Å². The van der Waals surface area contributed by atoms with Crippen molar-refractivity contribution >= 4 is 23.2 Å². The van der Waals surface area contributed by atoms with Crippen LogP contribution in [0.1, 0.15) is 20.8 Å². The van der Waals surface area contributed by atoms with Crippen LogP contribution in [0.4, 0.5) is 0 Å². The zero-order valence-corrected chi connectivity index (χ0v) is 9.15. The van der Waals surface area contributed by atoms with Crippen molar-refractivity contribution in [3.63, 3.8) is 0 Å². The first-order valence-corrected chi connectivity index (χ1v) is 4.52.